The average molecular weight is 647 g/mol. The highest BCUT2D eigenvalue weighted by atomic mass is 16.7. The third-order valence-corrected chi connectivity index (χ3v) is 15.3. The van der Waals surface area contributed by atoms with E-state index in [-0.39, 0.29) is 30.1 Å². The second kappa shape index (κ2) is 12.0. The van der Waals surface area contributed by atoms with Crippen LogP contribution in [0.4, 0.5) is 5.69 Å². The number of nitrogens with one attached hydrogen (secondary N) is 1. The smallest absolute Gasteiger partial charge is 0.232 e. The van der Waals surface area contributed by atoms with Crippen LogP contribution in [0.1, 0.15) is 98.3 Å². The summed E-state index contributed by atoms with van der Waals surface area (Å²) in [5.74, 6) is 4.24. The van der Waals surface area contributed by atoms with E-state index in [2.05, 4.69) is 42.9 Å². The number of carbonyl (C=O) groups is 2. The van der Waals surface area contributed by atoms with Gasteiger partial charge >= 0.3 is 0 Å². The van der Waals surface area contributed by atoms with Crippen LogP contribution in [0, 0.1) is 52.3 Å². The lowest BCUT2D eigenvalue weighted by Gasteiger charge is -2.61. The van der Waals surface area contributed by atoms with Crippen LogP contribution in [0.25, 0.3) is 0 Å². The summed E-state index contributed by atoms with van der Waals surface area (Å²) in [5, 5.41) is 3.32. The summed E-state index contributed by atoms with van der Waals surface area (Å²) >= 11 is 0. The van der Waals surface area contributed by atoms with Crippen molar-refractivity contribution >= 4 is 17.5 Å². The zero-order valence-corrected chi connectivity index (χ0v) is 29.3. The molecule has 3 aliphatic heterocycles. The Hall–Kier alpha value is -2.19. The number of anilines is 1. The molecule has 1 spiro atoms. The SMILES string of the molecule is C[C@H]1CC[C@@]2(OC1)O[C@H]1C[C@H]3[C@@H]4CC[C@@H]5C[C@@H](NC(=O)CC(=O)N6CCN(c7ccncc7)CC6)CC[C@]5(C)C4CC[C@]3(C)[C@H]1[C@@H]2C. The summed E-state index contributed by atoms with van der Waals surface area (Å²) < 4.78 is 13.5. The van der Waals surface area contributed by atoms with Gasteiger partial charge in [-0.2, -0.15) is 0 Å². The van der Waals surface area contributed by atoms with Crippen molar-refractivity contribution in [1.82, 2.24) is 15.2 Å². The van der Waals surface area contributed by atoms with Gasteiger partial charge in [0.15, 0.2) is 5.79 Å². The molecule has 8 rings (SSSR count). The maximum atomic E-state index is 13.1. The zero-order chi connectivity index (χ0) is 32.6. The molecule has 4 aliphatic carbocycles. The molecule has 0 bridgehead atoms. The molecule has 8 heteroatoms. The van der Waals surface area contributed by atoms with Crippen LogP contribution >= 0.6 is 0 Å². The van der Waals surface area contributed by atoms with Crippen molar-refractivity contribution in [3.63, 3.8) is 0 Å². The summed E-state index contributed by atoms with van der Waals surface area (Å²) in [7, 11) is 0. The minimum Gasteiger partial charge on any atom is -0.368 e. The summed E-state index contributed by atoms with van der Waals surface area (Å²) in [6, 6.07) is 4.21. The van der Waals surface area contributed by atoms with Gasteiger partial charge in [-0.3, -0.25) is 14.6 Å². The number of piperazine rings is 1. The third kappa shape index (κ3) is 5.34. The van der Waals surface area contributed by atoms with E-state index in [4.69, 9.17) is 9.47 Å². The fourth-order valence-corrected chi connectivity index (χ4v) is 12.7. The number of nitrogens with zero attached hydrogens (tertiary/aromatic N) is 3. The lowest BCUT2D eigenvalue weighted by atomic mass is 9.44. The Labute approximate surface area is 282 Å². The number of aromatic nitrogens is 1. The summed E-state index contributed by atoms with van der Waals surface area (Å²) in [6.45, 7) is 13.7. The summed E-state index contributed by atoms with van der Waals surface area (Å²) in [5.41, 5.74) is 1.84. The molecule has 4 saturated carbocycles. The van der Waals surface area contributed by atoms with Crippen molar-refractivity contribution in [1.29, 1.82) is 0 Å². The van der Waals surface area contributed by atoms with Crippen LogP contribution < -0.4 is 10.2 Å². The molecule has 7 fully saturated rings. The van der Waals surface area contributed by atoms with Gasteiger partial charge in [0.25, 0.3) is 0 Å². The second-order valence-electron chi connectivity index (χ2n) is 17.5. The quantitative estimate of drug-likeness (QED) is 0.401. The molecular formula is C39H58N4O4. The molecule has 12 atom stereocenters. The number of carbonyl (C=O) groups excluding carboxylic acids is 2. The molecule has 0 aromatic carbocycles. The van der Waals surface area contributed by atoms with Gasteiger partial charge in [-0.25, -0.2) is 0 Å². The Balaban J connectivity index is 0.850. The lowest BCUT2D eigenvalue weighted by molar-refractivity contribution is -0.273. The van der Waals surface area contributed by atoms with Crippen LogP contribution in [-0.2, 0) is 19.1 Å². The molecule has 0 radical (unpaired) electrons. The molecule has 7 aliphatic rings. The maximum Gasteiger partial charge on any atom is 0.232 e. The van der Waals surface area contributed by atoms with Crippen molar-refractivity contribution in [3.8, 4) is 0 Å². The predicted octanol–water partition coefficient (Wildman–Crippen LogP) is 6.05. The Morgan fingerprint density at radius 3 is 2.43 bits per heavy atom. The summed E-state index contributed by atoms with van der Waals surface area (Å²) in [4.78, 5) is 34.4. The highest BCUT2D eigenvalue weighted by Crippen LogP contribution is 2.71. The number of pyridine rings is 1. The van der Waals surface area contributed by atoms with Gasteiger partial charge in [0.2, 0.25) is 11.8 Å². The van der Waals surface area contributed by atoms with Crippen molar-refractivity contribution in [3.05, 3.63) is 24.5 Å². The molecule has 258 valence electrons. The first kappa shape index (κ1) is 32.0. The van der Waals surface area contributed by atoms with Gasteiger partial charge in [-0.05, 0) is 116 Å². The fraction of sp³-hybridized carbons (Fsp3) is 0.821. The van der Waals surface area contributed by atoms with Crippen molar-refractivity contribution in [2.24, 2.45) is 52.3 Å². The minimum absolute atomic E-state index is 0.0349. The van der Waals surface area contributed by atoms with Crippen LogP contribution in [0.15, 0.2) is 24.5 Å². The van der Waals surface area contributed by atoms with Gasteiger partial charge in [0.1, 0.15) is 6.42 Å². The fourth-order valence-electron chi connectivity index (χ4n) is 12.7. The van der Waals surface area contributed by atoms with E-state index >= 15 is 0 Å². The topological polar surface area (TPSA) is 84.0 Å². The van der Waals surface area contributed by atoms with E-state index in [9.17, 15) is 9.59 Å². The standard InChI is InChI=1S/C39H58N4O4/c1-25-7-14-39(46-24-25)26(2)36-33(47-39)22-32-30-6-5-27-21-28(8-12-37(27,3)31(30)9-13-38(32,36)4)41-34(44)23-35(45)43-19-17-42(18-20-43)29-10-15-40-16-11-29/h10-11,15-16,25-28,30-33,36H,5-9,12-14,17-24H2,1-4H3,(H,41,44)/t25-,26-,27+,28-,30+,31?,32-,33-,36-,37-,38-,39+/m0/s1. The largest absolute Gasteiger partial charge is 0.368 e. The van der Waals surface area contributed by atoms with E-state index in [1.54, 1.807) is 12.4 Å². The highest BCUT2D eigenvalue weighted by molar-refractivity contribution is 5.97. The zero-order valence-electron chi connectivity index (χ0n) is 29.3. The molecule has 1 aromatic heterocycles. The molecule has 1 N–H and O–H groups in total. The number of amides is 2. The highest BCUT2D eigenvalue weighted by Gasteiger charge is 2.69. The van der Waals surface area contributed by atoms with Crippen molar-refractivity contribution < 1.29 is 19.1 Å². The van der Waals surface area contributed by atoms with Crippen molar-refractivity contribution in [2.45, 2.75) is 116 Å². The molecule has 1 aromatic rings. The molecular weight excluding hydrogens is 588 g/mol. The average Bonchev–Trinajstić information content (AvgIpc) is 3.52. The maximum absolute atomic E-state index is 13.1. The van der Waals surface area contributed by atoms with E-state index < -0.39 is 0 Å². The van der Waals surface area contributed by atoms with Gasteiger partial charge in [0.05, 0.1) is 12.7 Å². The molecule has 3 saturated heterocycles. The normalized spacial score (nSPS) is 45.9. The molecule has 47 heavy (non-hydrogen) atoms. The van der Waals surface area contributed by atoms with Crippen LogP contribution in [-0.4, -0.2) is 72.4 Å². The number of hydrogen-bond acceptors (Lipinski definition) is 6. The van der Waals surface area contributed by atoms with E-state index in [0.29, 0.717) is 53.7 Å². The van der Waals surface area contributed by atoms with E-state index in [0.717, 1.165) is 62.4 Å². The lowest BCUT2D eigenvalue weighted by Crippen LogP contribution is -2.56. The van der Waals surface area contributed by atoms with E-state index in [1.165, 1.54) is 44.9 Å². The Kier molecular flexibility index (Phi) is 8.18. The number of ether oxygens (including phenoxy) is 2. The van der Waals surface area contributed by atoms with Gasteiger partial charge in [-0.15, -0.1) is 0 Å². The van der Waals surface area contributed by atoms with Crippen LogP contribution in [0.2, 0.25) is 0 Å². The van der Waals surface area contributed by atoms with Crippen molar-refractivity contribution in [2.75, 3.05) is 37.7 Å². The second-order valence-corrected chi connectivity index (χ2v) is 17.5. The Morgan fingerprint density at radius 2 is 1.68 bits per heavy atom. The van der Waals surface area contributed by atoms with E-state index in [1.807, 2.05) is 17.0 Å². The predicted molar refractivity (Wildman–Crippen MR) is 181 cm³/mol. The van der Waals surface area contributed by atoms with Crippen LogP contribution in [0.5, 0.6) is 0 Å². The number of fused-ring (bicyclic) bond motifs is 7. The Morgan fingerprint density at radius 1 is 0.915 bits per heavy atom. The first-order chi connectivity index (χ1) is 22.6. The van der Waals surface area contributed by atoms with Gasteiger partial charge in [0, 0.05) is 62.6 Å². The number of hydrogen-bond donors (Lipinski definition) is 1. The third-order valence-electron chi connectivity index (χ3n) is 15.3. The molecule has 2 amide bonds. The first-order valence-corrected chi connectivity index (χ1v) is 19.1. The minimum atomic E-state index is -0.334. The van der Waals surface area contributed by atoms with Gasteiger partial charge in [-0.1, -0.05) is 27.7 Å². The monoisotopic (exact) mass is 646 g/mol. The summed E-state index contributed by atoms with van der Waals surface area (Å²) in [6.07, 6.45) is 16.0. The number of rotatable bonds is 4. The van der Waals surface area contributed by atoms with Crippen LogP contribution in [0.3, 0.4) is 0 Å². The molecule has 4 heterocycles. The molecule has 8 nitrogen and oxygen atoms in total. The Bertz CT molecular complexity index is 1330. The molecule has 1 unspecified atom stereocenters. The first-order valence-electron chi connectivity index (χ1n) is 19.1. The van der Waals surface area contributed by atoms with Gasteiger partial charge < -0.3 is 24.6 Å².